The number of methoxy groups -OCH3 is 1. The molecule has 2 heterocycles. The van der Waals surface area contributed by atoms with Crippen molar-refractivity contribution in [2.45, 2.75) is 89.6 Å². The van der Waals surface area contributed by atoms with Crippen LogP contribution in [0.1, 0.15) is 71.8 Å². The number of sulfonamides is 1. The number of nitriles is 1. The Morgan fingerprint density at radius 1 is 1.02 bits per heavy atom. The summed E-state index contributed by atoms with van der Waals surface area (Å²) in [7, 11) is -1.70. The molecule has 57 heavy (non-hydrogen) atoms. The Labute approximate surface area is 342 Å². The van der Waals surface area contributed by atoms with Crippen LogP contribution in [0.2, 0.25) is 5.02 Å². The van der Waals surface area contributed by atoms with Gasteiger partial charge in [-0.05, 0) is 93.3 Å². The minimum atomic E-state index is -3.26. The van der Waals surface area contributed by atoms with E-state index >= 15 is 0 Å². The topological polar surface area (TPSA) is 191 Å². The quantitative estimate of drug-likeness (QED) is 0.114. The Balaban J connectivity index is 0.000000765. The Morgan fingerprint density at radius 2 is 1.61 bits per heavy atom. The van der Waals surface area contributed by atoms with E-state index in [1.54, 1.807) is 48.4 Å². The van der Waals surface area contributed by atoms with E-state index in [0.717, 1.165) is 36.9 Å². The summed E-state index contributed by atoms with van der Waals surface area (Å²) < 4.78 is 28.2. The molecule has 1 saturated heterocycles. The number of nitrogens with one attached hydrogen (secondary N) is 4. The molecule has 2 atom stereocenters. The molecule has 0 spiro atoms. The summed E-state index contributed by atoms with van der Waals surface area (Å²) in [6, 6.07) is 15.1. The number of amides is 3. The summed E-state index contributed by atoms with van der Waals surface area (Å²) in [5, 5.41) is 16.4. The molecule has 2 saturated carbocycles. The van der Waals surface area contributed by atoms with Gasteiger partial charge >= 0.3 is 0 Å². The lowest BCUT2D eigenvalue weighted by molar-refractivity contribution is -0.134. The molecular weight excluding hydrogens is 768 g/mol. The van der Waals surface area contributed by atoms with Crippen LogP contribution in [0, 0.1) is 42.4 Å². The van der Waals surface area contributed by atoms with Gasteiger partial charge in [0, 0.05) is 40.9 Å². The van der Waals surface area contributed by atoms with Crippen molar-refractivity contribution in [1.29, 1.82) is 5.26 Å². The molecule has 4 N–H and O–H groups in total. The number of H-pyrrole nitrogens is 1. The fourth-order valence-electron chi connectivity index (χ4n) is 5.15. The third kappa shape index (κ3) is 17.7. The van der Waals surface area contributed by atoms with Crippen molar-refractivity contribution in [3.8, 4) is 37.5 Å². The molecule has 3 amide bonds. The maximum absolute atomic E-state index is 12.9. The lowest BCUT2D eigenvalue weighted by Gasteiger charge is -2.35. The number of aromatic nitrogens is 1. The fraction of sp³-hybridized carbons (Fsp3) is 0.405. The number of hydrogen-bond acceptors (Lipinski definition) is 9. The highest BCUT2D eigenvalue weighted by Gasteiger charge is 2.37. The maximum Gasteiger partial charge on any atom is 0.256 e. The number of likely N-dealkylation sites (tertiary alicyclic amines) is 1. The smallest absolute Gasteiger partial charge is 0.256 e. The number of hydrogen-bond donors (Lipinski definition) is 4. The van der Waals surface area contributed by atoms with Gasteiger partial charge in [-0.25, -0.2) is 8.42 Å². The van der Waals surface area contributed by atoms with E-state index in [0.29, 0.717) is 46.6 Å². The van der Waals surface area contributed by atoms with Crippen LogP contribution < -0.4 is 25.7 Å². The largest absolute Gasteiger partial charge is 0.495 e. The van der Waals surface area contributed by atoms with Crippen LogP contribution in [-0.2, 0) is 24.4 Å². The number of ether oxygens (including phenoxy) is 1. The Morgan fingerprint density at radius 3 is 2.04 bits per heavy atom. The van der Waals surface area contributed by atoms with Gasteiger partial charge in [0.2, 0.25) is 28.8 Å². The molecule has 13 nitrogen and oxygen atoms in total. The molecule has 3 aliphatic rings. The van der Waals surface area contributed by atoms with Crippen molar-refractivity contribution in [3.63, 3.8) is 0 Å². The maximum atomic E-state index is 12.9. The molecule has 15 heteroatoms. The molecular formula is C42H55ClN6O7S. The van der Waals surface area contributed by atoms with E-state index in [-0.39, 0.29) is 34.6 Å². The Kier molecular flexibility index (Phi) is 23.5. The van der Waals surface area contributed by atoms with Gasteiger partial charge in [0.15, 0.2) is 0 Å². The highest BCUT2D eigenvalue weighted by molar-refractivity contribution is 7.90. The normalized spacial score (nSPS) is 15.4. The second-order valence-corrected chi connectivity index (χ2v) is 16.0. The molecule has 3 fully saturated rings. The van der Waals surface area contributed by atoms with Crippen molar-refractivity contribution in [2.75, 3.05) is 19.0 Å². The second kappa shape index (κ2) is 26.2. The minimum absolute atomic E-state index is 0.164. The molecule has 308 valence electrons. The Hall–Kier alpha value is -5.75. The van der Waals surface area contributed by atoms with Gasteiger partial charge in [-0.15, -0.1) is 38.9 Å². The average molecular weight is 823 g/mol. The van der Waals surface area contributed by atoms with Crippen molar-refractivity contribution >= 4 is 56.8 Å². The van der Waals surface area contributed by atoms with Crippen molar-refractivity contribution in [3.05, 3.63) is 82.8 Å². The molecule has 2 aromatic carbocycles. The van der Waals surface area contributed by atoms with E-state index in [1.165, 1.54) is 12.8 Å². The summed E-state index contributed by atoms with van der Waals surface area (Å²) in [5.41, 5.74) is 1.15. The summed E-state index contributed by atoms with van der Waals surface area (Å²) >= 11 is 5.79. The number of nitrogens with zero attached hydrogens (tertiary/aromatic N) is 2. The number of fused-ring (bicyclic) bond motifs is 1. The molecule has 6 rings (SSSR count). The number of aromatic amines is 1. The van der Waals surface area contributed by atoms with Crippen LogP contribution in [0.15, 0.2) is 66.6 Å². The number of carbonyl (C=O) groups excluding carboxylic acids is 3. The molecule has 0 radical (unpaired) electrons. The zero-order valence-electron chi connectivity index (χ0n) is 33.3. The van der Waals surface area contributed by atoms with Crippen molar-refractivity contribution < 1.29 is 27.5 Å². The third-order valence-electron chi connectivity index (χ3n) is 8.38. The number of terminal acetylenes is 2. The van der Waals surface area contributed by atoms with Crippen LogP contribution in [0.5, 0.6) is 5.75 Å². The highest BCUT2D eigenvalue weighted by Crippen LogP contribution is 2.29. The van der Waals surface area contributed by atoms with E-state index in [1.807, 2.05) is 17.0 Å². The van der Waals surface area contributed by atoms with Crippen LogP contribution >= 0.6 is 11.6 Å². The number of benzene rings is 2. The average Bonchev–Trinajstić information content (AvgIpc) is 4.16. The lowest BCUT2D eigenvalue weighted by Crippen LogP contribution is -2.50. The molecule has 1 aromatic heterocycles. The van der Waals surface area contributed by atoms with Crippen molar-refractivity contribution in [1.82, 2.24) is 19.9 Å². The third-order valence-corrected chi connectivity index (χ3v) is 10.4. The van der Waals surface area contributed by atoms with Crippen LogP contribution in [0.4, 0.5) is 5.69 Å². The lowest BCUT2D eigenvalue weighted by atomic mass is 9.85. The summed E-state index contributed by atoms with van der Waals surface area (Å²) in [6.45, 7) is 15.2. The molecule has 1 unspecified atom stereocenters. The number of rotatable bonds is 9. The number of anilines is 1. The zero-order chi connectivity index (χ0) is 43.8. The van der Waals surface area contributed by atoms with Gasteiger partial charge < -0.3 is 25.3 Å². The monoisotopic (exact) mass is 822 g/mol. The van der Waals surface area contributed by atoms with E-state index in [4.69, 9.17) is 21.6 Å². The molecule has 0 bridgehead atoms. The highest BCUT2D eigenvalue weighted by atomic mass is 35.5. The first-order valence-electron chi connectivity index (χ1n) is 17.9. The first-order valence-corrected chi connectivity index (χ1v) is 19.8. The standard InChI is InChI=1S/C18H25N3O.C10H8ClNO2.C4H7NO3S.C4H7NO.C2H4.2C2H2/c1-13-6-5-11-21(13)17(22)16(18(2,3)4)20-15-9-7-14(12-19)8-10-15;1-14-9-5-12-10(13)8-4-6(11)2-3-7(8)9;6-3-5-9(7,8)4-1-2-4;6-3-5-4-1-2-4;3*1-2/h7-10,13,16,20H,5-6,11H2,1-4H3;2-5H,1H3,(H,12,13);3-4H,1-2H2,(H,5,6);3-4H,1-2H2,(H,5,6);1-2H2;2*1-2H/t13-,16?;;;;;;/m1....../s1. The van der Waals surface area contributed by atoms with E-state index in [9.17, 15) is 27.6 Å². The van der Waals surface area contributed by atoms with Gasteiger partial charge in [0.25, 0.3) is 5.56 Å². The molecule has 3 aromatic rings. The number of pyridine rings is 1. The van der Waals surface area contributed by atoms with Crippen LogP contribution in [0.3, 0.4) is 0 Å². The van der Waals surface area contributed by atoms with Gasteiger partial charge in [0.1, 0.15) is 11.8 Å². The van der Waals surface area contributed by atoms with E-state index in [2.05, 4.69) is 88.2 Å². The first-order chi connectivity index (χ1) is 27.1. The van der Waals surface area contributed by atoms with Crippen molar-refractivity contribution in [2.24, 2.45) is 5.41 Å². The number of halogens is 1. The SMILES string of the molecule is C#C.C#C.C=C.COc1c[nH]c(=O)c2cc(Cl)ccc12.C[C@@H]1CCCN1C(=O)C(Nc1ccc(C#N)cc1)C(C)(C)C.O=CNC1CC1.O=CNS(=O)(=O)C1CC1. The van der Waals surface area contributed by atoms with Gasteiger partial charge in [0.05, 0.1) is 29.4 Å². The molecule has 1 aliphatic heterocycles. The van der Waals surface area contributed by atoms with E-state index < -0.39 is 10.0 Å². The predicted molar refractivity (Wildman–Crippen MR) is 229 cm³/mol. The summed E-state index contributed by atoms with van der Waals surface area (Å²) in [4.78, 5) is 48.2. The first kappa shape index (κ1) is 51.2. The summed E-state index contributed by atoms with van der Waals surface area (Å²) in [5.74, 6) is 0.804. The number of carbonyl (C=O) groups is 3. The second-order valence-electron chi connectivity index (χ2n) is 13.6. The summed E-state index contributed by atoms with van der Waals surface area (Å²) in [6.07, 6.45) is 24.4. The van der Waals surface area contributed by atoms with Crippen LogP contribution in [-0.4, -0.2) is 74.1 Å². The van der Waals surface area contributed by atoms with Gasteiger partial charge in [-0.3, -0.25) is 23.9 Å². The fourth-order valence-corrected chi connectivity index (χ4v) is 6.40. The molecule has 2 aliphatic carbocycles. The minimum Gasteiger partial charge on any atom is -0.495 e. The van der Waals surface area contributed by atoms with Crippen LogP contribution in [0.25, 0.3) is 10.8 Å². The van der Waals surface area contributed by atoms with Gasteiger partial charge in [-0.1, -0.05) is 32.4 Å². The zero-order valence-corrected chi connectivity index (χ0v) is 34.9. The van der Waals surface area contributed by atoms with Gasteiger partial charge in [-0.2, -0.15) is 5.26 Å². The predicted octanol–water partition coefficient (Wildman–Crippen LogP) is 6.01. The Bertz CT molecular complexity index is 1950.